The van der Waals surface area contributed by atoms with Gasteiger partial charge in [-0.25, -0.2) is 0 Å². The van der Waals surface area contributed by atoms with E-state index in [1.165, 1.54) is 0 Å². The molecule has 1 saturated heterocycles. The van der Waals surface area contributed by atoms with Crippen LogP contribution in [0.25, 0.3) is 0 Å². The molecule has 1 aromatic heterocycles. The van der Waals surface area contributed by atoms with Gasteiger partial charge in [0.1, 0.15) is 0 Å². The highest BCUT2D eigenvalue weighted by molar-refractivity contribution is 6.61. The lowest BCUT2D eigenvalue weighted by Gasteiger charge is -2.32. The Hall–Kier alpha value is -0.735. The van der Waals surface area contributed by atoms with Crippen LogP contribution in [0.15, 0.2) is 18.3 Å². The number of aromatic nitrogens is 1. The molecular formula is C10H16BNO2. The molecule has 1 aromatic rings. The van der Waals surface area contributed by atoms with E-state index in [-0.39, 0.29) is 18.3 Å². The van der Waals surface area contributed by atoms with E-state index in [9.17, 15) is 0 Å². The molecule has 0 saturated carbocycles. The monoisotopic (exact) mass is 196 g/mol. The molecule has 14 heavy (non-hydrogen) atoms. The SMILES string of the molecule is [2H]c1[nH]c(B2OC(C)(C)C(C)(C)O2)c([2H])c1[2H]. The van der Waals surface area contributed by atoms with Gasteiger partial charge >= 0.3 is 7.12 Å². The molecule has 2 rings (SSSR count). The fourth-order valence-electron chi connectivity index (χ4n) is 1.31. The molecule has 0 aliphatic carbocycles. The highest BCUT2D eigenvalue weighted by atomic mass is 16.7. The van der Waals surface area contributed by atoms with Crippen molar-refractivity contribution in [2.75, 3.05) is 0 Å². The Bertz CT molecular complexity index is 443. The third-order valence-electron chi connectivity index (χ3n) is 2.95. The van der Waals surface area contributed by atoms with E-state index in [1.54, 1.807) is 0 Å². The van der Waals surface area contributed by atoms with Gasteiger partial charge in [-0.3, -0.25) is 0 Å². The maximum atomic E-state index is 7.74. The van der Waals surface area contributed by atoms with Crippen molar-refractivity contribution in [3.05, 3.63) is 18.3 Å². The van der Waals surface area contributed by atoms with Gasteiger partial charge in [0.2, 0.25) is 0 Å². The molecule has 0 unspecified atom stereocenters. The average molecular weight is 196 g/mol. The molecule has 1 fully saturated rings. The van der Waals surface area contributed by atoms with Gasteiger partial charge in [-0.1, -0.05) is 0 Å². The summed E-state index contributed by atoms with van der Waals surface area (Å²) in [6.07, 6.45) is -0.0836. The fourth-order valence-corrected chi connectivity index (χ4v) is 1.31. The summed E-state index contributed by atoms with van der Waals surface area (Å²) < 4.78 is 34.2. The molecule has 0 amide bonds. The average Bonchev–Trinajstić information content (AvgIpc) is 2.55. The molecule has 0 spiro atoms. The van der Waals surface area contributed by atoms with Crippen LogP contribution >= 0.6 is 0 Å². The molecule has 0 aromatic carbocycles. The Morgan fingerprint density at radius 2 is 1.86 bits per heavy atom. The number of rotatable bonds is 1. The van der Waals surface area contributed by atoms with E-state index in [4.69, 9.17) is 13.4 Å². The molecule has 76 valence electrons. The molecule has 4 heteroatoms. The van der Waals surface area contributed by atoms with Crippen molar-refractivity contribution in [1.82, 2.24) is 4.98 Å². The Morgan fingerprint density at radius 1 is 1.29 bits per heavy atom. The van der Waals surface area contributed by atoms with E-state index >= 15 is 0 Å². The minimum Gasteiger partial charge on any atom is -0.398 e. The largest absolute Gasteiger partial charge is 0.512 e. The second kappa shape index (κ2) is 2.88. The van der Waals surface area contributed by atoms with Crippen LogP contribution in [-0.2, 0) is 9.31 Å². The Balaban J connectivity index is 2.35. The van der Waals surface area contributed by atoms with Crippen LogP contribution in [0.4, 0.5) is 0 Å². The summed E-state index contributed by atoms with van der Waals surface area (Å²) in [7, 11) is -0.712. The third kappa shape index (κ3) is 1.39. The van der Waals surface area contributed by atoms with Crippen LogP contribution in [0.1, 0.15) is 31.8 Å². The lowest BCUT2D eigenvalue weighted by molar-refractivity contribution is 0.00578. The second-order valence-corrected chi connectivity index (χ2v) is 4.50. The van der Waals surface area contributed by atoms with Crippen molar-refractivity contribution in [2.45, 2.75) is 38.9 Å². The first kappa shape index (κ1) is 6.69. The molecule has 0 bridgehead atoms. The summed E-state index contributed by atoms with van der Waals surface area (Å²) in [5.74, 6) is 0. The Labute approximate surface area is 89.2 Å². The lowest BCUT2D eigenvalue weighted by Crippen LogP contribution is -2.41. The van der Waals surface area contributed by atoms with Gasteiger partial charge in [0, 0.05) is 11.8 Å². The maximum absolute atomic E-state index is 7.74. The van der Waals surface area contributed by atoms with Gasteiger partial charge in [0.25, 0.3) is 0 Å². The van der Waals surface area contributed by atoms with Gasteiger partial charge < -0.3 is 14.3 Å². The fraction of sp³-hybridized carbons (Fsp3) is 0.600. The summed E-state index contributed by atoms with van der Waals surface area (Å²) >= 11 is 0. The van der Waals surface area contributed by atoms with Crippen molar-refractivity contribution >= 4 is 12.7 Å². The number of nitrogens with one attached hydrogen (secondary N) is 1. The first-order valence-corrected chi connectivity index (χ1v) is 4.67. The number of hydrogen-bond acceptors (Lipinski definition) is 2. The highest BCUT2D eigenvalue weighted by Crippen LogP contribution is 2.36. The van der Waals surface area contributed by atoms with Crippen LogP contribution < -0.4 is 5.59 Å². The molecule has 1 aliphatic rings. The summed E-state index contributed by atoms with van der Waals surface area (Å²) in [4.78, 5) is 2.67. The van der Waals surface area contributed by atoms with Gasteiger partial charge in [0.05, 0.1) is 15.3 Å². The van der Waals surface area contributed by atoms with E-state index in [1.807, 2.05) is 27.7 Å². The Kier molecular flexibility index (Phi) is 1.37. The summed E-state index contributed by atoms with van der Waals surface area (Å²) in [5.41, 5.74) is -0.627. The van der Waals surface area contributed by atoms with Crippen molar-refractivity contribution in [2.24, 2.45) is 0 Å². The van der Waals surface area contributed by atoms with Gasteiger partial charge in [-0.05, 0) is 39.8 Å². The zero-order valence-electron chi connectivity index (χ0n) is 11.9. The summed E-state index contributed by atoms with van der Waals surface area (Å²) in [5, 5.41) is 0. The number of H-pyrrole nitrogens is 1. The first-order chi connectivity index (χ1) is 7.66. The number of aromatic amines is 1. The summed E-state index contributed by atoms with van der Waals surface area (Å²) in [6.45, 7) is 7.68. The predicted molar refractivity (Wildman–Crippen MR) is 56.5 cm³/mol. The minimum atomic E-state index is -0.712. The molecule has 1 aliphatic heterocycles. The molecule has 3 nitrogen and oxygen atoms in total. The van der Waals surface area contributed by atoms with E-state index in [0.717, 1.165) is 0 Å². The number of hydrogen-bond donors (Lipinski definition) is 1. The minimum absolute atomic E-state index is 0.0338. The van der Waals surface area contributed by atoms with Crippen LogP contribution in [0.2, 0.25) is 0 Å². The zero-order valence-corrected chi connectivity index (χ0v) is 8.89. The zero-order chi connectivity index (χ0) is 13.0. The molecule has 0 atom stereocenters. The van der Waals surface area contributed by atoms with Crippen LogP contribution in [-0.4, -0.2) is 23.3 Å². The Morgan fingerprint density at radius 3 is 2.29 bits per heavy atom. The van der Waals surface area contributed by atoms with Crippen molar-refractivity contribution in [3.63, 3.8) is 0 Å². The molecular weight excluding hydrogens is 177 g/mol. The lowest BCUT2D eigenvalue weighted by atomic mass is 9.85. The molecule has 1 N–H and O–H groups in total. The van der Waals surface area contributed by atoms with Gasteiger partial charge in [-0.15, -0.1) is 0 Å². The maximum Gasteiger partial charge on any atom is 0.512 e. The van der Waals surface area contributed by atoms with Crippen LogP contribution in [0.3, 0.4) is 0 Å². The van der Waals surface area contributed by atoms with Crippen molar-refractivity contribution < 1.29 is 13.4 Å². The quantitative estimate of drug-likeness (QED) is 0.687. The summed E-state index contributed by atoms with van der Waals surface area (Å²) in [6, 6.07) is -0.164. The standard InChI is InChI=1S/C10H16BNO2/c1-9(2)10(3,4)14-11(13-9)8-6-5-7-12-8/h5-7,12H,1-4H3/i5D,6D,7D. The highest BCUT2D eigenvalue weighted by Gasteiger charge is 2.52. The van der Waals surface area contributed by atoms with E-state index in [2.05, 4.69) is 4.98 Å². The van der Waals surface area contributed by atoms with Crippen LogP contribution in [0.5, 0.6) is 0 Å². The smallest absolute Gasteiger partial charge is 0.398 e. The van der Waals surface area contributed by atoms with Gasteiger partial charge in [0.15, 0.2) is 0 Å². The molecule has 0 radical (unpaired) electrons. The third-order valence-corrected chi connectivity index (χ3v) is 2.95. The van der Waals surface area contributed by atoms with Crippen molar-refractivity contribution in [1.29, 1.82) is 0 Å². The molecule has 2 heterocycles. The topological polar surface area (TPSA) is 34.2 Å². The van der Waals surface area contributed by atoms with E-state index < -0.39 is 18.3 Å². The second-order valence-electron chi connectivity index (χ2n) is 4.50. The van der Waals surface area contributed by atoms with E-state index in [0.29, 0.717) is 5.59 Å². The normalized spacial score (nSPS) is 27.1. The van der Waals surface area contributed by atoms with Crippen LogP contribution in [0, 0.1) is 0 Å². The first-order valence-electron chi connectivity index (χ1n) is 6.17. The predicted octanol–water partition coefficient (Wildman–Crippen LogP) is 1.31. The van der Waals surface area contributed by atoms with Gasteiger partial charge in [-0.2, -0.15) is 0 Å². The van der Waals surface area contributed by atoms with Crippen molar-refractivity contribution in [3.8, 4) is 0 Å².